The predicted molar refractivity (Wildman–Crippen MR) is 45.7 cm³/mol. The van der Waals surface area contributed by atoms with Crippen molar-refractivity contribution < 1.29 is 0 Å². The predicted octanol–water partition coefficient (Wildman–Crippen LogP) is 1.41. The minimum atomic E-state index is 0.995. The quantitative estimate of drug-likeness (QED) is 0.638. The van der Waals surface area contributed by atoms with Crippen molar-refractivity contribution in [2.75, 3.05) is 20.1 Å². The third kappa shape index (κ3) is 3.38. The van der Waals surface area contributed by atoms with Crippen LogP contribution in [0.5, 0.6) is 0 Å². The summed E-state index contributed by atoms with van der Waals surface area (Å²) in [6.45, 7) is 8.40. The highest BCUT2D eigenvalue weighted by molar-refractivity contribution is 4.93. The van der Waals surface area contributed by atoms with Gasteiger partial charge in [-0.2, -0.15) is 0 Å². The first kappa shape index (κ1) is 9.34. The zero-order chi connectivity index (χ0) is 7.98. The fourth-order valence-corrected chi connectivity index (χ4v) is 0.609. The Morgan fingerprint density at radius 2 is 2.10 bits per heavy atom. The van der Waals surface area contributed by atoms with E-state index in [1.165, 1.54) is 5.70 Å². The molecule has 0 aliphatic rings. The molecule has 0 radical (unpaired) electrons. The summed E-state index contributed by atoms with van der Waals surface area (Å²) in [4.78, 5) is 2.20. The van der Waals surface area contributed by atoms with Crippen LogP contribution < -0.4 is 5.32 Å². The summed E-state index contributed by atoms with van der Waals surface area (Å²) in [6, 6.07) is 0. The molecule has 0 heterocycles. The van der Waals surface area contributed by atoms with Crippen LogP contribution in [0.15, 0.2) is 11.9 Å². The number of nitrogens with zero attached hydrogens (tertiary/aromatic N) is 1. The van der Waals surface area contributed by atoms with Gasteiger partial charge < -0.3 is 10.2 Å². The number of hydrogen-bond donors (Lipinski definition) is 1. The van der Waals surface area contributed by atoms with Gasteiger partial charge in [-0.25, -0.2) is 0 Å². The lowest BCUT2D eigenvalue weighted by Crippen LogP contribution is -2.17. The van der Waals surface area contributed by atoms with Gasteiger partial charge in [-0.05, 0) is 20.8 Å². The lowest BCUT2D eigenvalue weighted by Gasteiger charge is -2.16. The molecule has 2 nitrogen and oxygen atoms in total. The number of hydrogen-bond acceptors (Lipinski definition) is 2. The third-order valence-electron chi connectivity index (χ3n) is 1.59. The lowest BCUT2D eigenvalue weighted by atomic mass is 10.4. The second-order valence-electron chi connectivity index (χ2n) is 2.36. The van der Waals surface area contributed by atoms with Crippen molar-refractivity contribution in [3.63, 3.8) is 0 Å². The zero-order valence-electron chi connectivity index (χ0n) is 7.44. The van der Waals surface area contributed by atoms with E-state index in [1.54, 1.807) is 0 Å². The van der Waals surface area contributed by atoms with Gasteiger partial charge in [0, 0.05) is 32.0 Å². The van der Waals surface area contributed by atoms with Crippen molar-refractivity contribution in [1.82, 2.24) is 10.2 Å². The first-order chi connectivity index (χ1) is 4.72. The molecule has 1 N–H and O–H groups in total. The molecule has 0 fully saturated rings. The monoisotopic (exact) mass is 142 g/mol. The van der Waals surface area contributed by atoms with Gasteiger partial charge in [0.15, 0.2) is 0 Å². The maximum atomic E-state index is 3.16. The molecule has 0 spiro atoms. The number of rotatable bonds is 4. The number of allylic oxidation sites excluding steroid dienone is 1. The van der Waals surface area contributed by atoms with Crippen molar-refractivity contribution >= 4 is 0 Å². The fourth-order valence-electron chi connectivity index (χ4n) is 0.609. The second kappa shape index (κ2) is 5.15. The Balaban J connectivity index is 3.67. The van der Waals surface area contributed by atoms with E-state index in [4.69, 9.17) is 0 Å². The molecule has 0 atom stereocenters. The summed E-state index contributed by atoms with van der Waals surface area (Å²) in [5.74, 6) is 0. The Hall–Kier alpha value is -0.660. The van der Waals surface area contributed by atoms with E-state index in [1.807, 2.05) is 6.20 Å². The minimum absolute atomic E-state index is 0.995. The van der Waals surface area contributed by atoms with E-state index in [-0.39, 0.29) is 0 Å². The molecule has 0 saturated heterocycles. The van der Waals surface area contributed by atoms with Crippen molar-refractivity contribution in [2.24, 2.45) is 0 Å². The highest BCUT2D eigenvalue weighted by Gasteiger charge is 1.91. The van der Waals surface area contributed by atoms with Crippen LogP contribution >= 0.6 is 0 Å². The van der Waals surface area contributed by atoms with Gasteiger partial charge in [-0.15, -0.1) is 0 Å². The molecule has 0 bridgehead atoms. The molecule has 10 heavy (non-hydrogen) atoms. The molecule has 0 aromatic heterocycles. The SMILES string of the molecule is CCN/C=C(\C)N(C)CC. The van der Waals surface area contributed by atoms with Crippen LogP contribution in [-0.4, -0.2) is 25.0 Å². The van der Waals surface area contributed by atoms with Crippen molar-refractivity contribution in [2.45, 2.75) is 20.8 Å². The van der Waals surface area contributed by atoms with Gasteiger partial charge in [0.2, 0.25) is 0 Å². The molecule has 0 aliphatic carbocycles. The van der Waals surface area contributed by atoms with Crippen molar-refractivity contribution in [3.8, 4) is 0 Å². The molecule has 0 aliphatic heterocycles. The van der Waals surface area contributed by atoms with E-state index in [9.17, 15) is 0 Å². The van der Waals surface area contributed by atoms with E-state index in [0.717, 1.165) is 13.1 Å². The topological polar surface area (TPSA) is 15.3 Å². The Kier molecular flexibility index (Phi) is 4.81. The van der Waals surface area contributed by atoms with Gasteiger partial charge in [-0.3, -0.25) is 0 Å². The van der Waals surface area contributed by atoms with E-state index in [2.05, 4.69) is 38.0 Å². The molecule has 0 aromatic carbocycles. The van der Waals surface area contributed by atoms with Gasteiger partial charge >= 0.3 is 0 Å². The van der Waals surface area contributed by atoms with Crippen LogP contribution in [0.25, 0.3) is 0 Å². The van der Waals surface area contributed by atoms with Crippen LogP contribution in [-0.2, 0) is 0 Å². The summed E-state index contributed by atoms with van der Waals surface area (Å²) < 4.78 is 0. The maximum absolute atomic E-state index is 3.16. The molecular formula is C8H18N2. The molecule has 0 saturated carbocycles. The first-order valence-corrected chi connectivity index (χ1v) is 3.83. The van der Waals surface area contributed by atoms with Crippen LogP contribution in [0.4, 0.5) is 0 Å². The summed E-state index contributed by atoms with van der Waals surface area (Å²) in [5.41, 5.74) is 1.28. The van der Waals surface area contributed by atoms with E-state index in [0.29, 0.717) is 0 Å². The summed E-state index contributed by atoms with van der Waals surface area (Å²) >= 11 is 0. The maximum Gasteiger partial charge on any atom is 0.0258 e. The summed E-state index contributed by atoms with van der Waals surface area (Å²) in [7, 11) is 2.09. The molecule has 60 valence electrons. The van der Waals surface area contributed by atoms with E-state index >= 15 is 0 Å². The van der Waals surface area contributed by atoms with Gasteiger partial charge in [-0.1, -0.05) is 0 Å². The van der Waals surface area contributed by atoms with Crippen molar-refractivity contribution in [3.05, 3.63) is 11.9 Å². The van der Waals surface area contributed by atoms with E-state index < -0.39 is 0 Å². The lowest BCUT2D eigenvalue weighted by molar-refractivity contribution is 0.439. The second-order valence-corrected chi connectivity index (χ2v) is 2.36. The average molecular weight is 142 g/mol. The molecule has 0 aromatic rings. The molecule has 2 heteroatoms. The van der Waals surface area contributed by atoms with Crippen molar-refractivity contribution in [1.29, 1.82) is 0 Å². The fraction of sp³-hybridized carbons (Fsp3) is 0.750. The molecule has 0 amide bonds. The largest absolute Gasteiger partial charge is 0.390 e. The molecule has 0 rings (SSSR count). The Bertz CT molecular complexity index is 108. The highest BCUT2D eigenvalue weighted by Crippen LogP contribution is 1.95. The Morgan fingerprint density at radius 1 is 1.50 bits per heavy atom. The van der Waals surface area contributed by atoms with Gasteiger partial charge in [0.25, 0.3) is 0 Å². The Morgan fingerprint density at radius 3 is 2.50 bits per heavy atom. The summed E-state index contributed by atoms with van der Waals surface area (Å²) in [5, 5.41) is 3.16. The standard InChI is InChI=1S/C8H18N2/c1-5-9-7-8(3)10(4)6-2/h7,9H,5-6H2,1-4H3/b8-7+. The minimum Gasteiger partial charge on any atom is -0.390 e. The summed E-state index contributed by atoms with van der Waals surface area (Å²) in [6.07, 6.45) is 2.05. The van der Waals surface area contributed by atoms with Crippen LogP contribution in [0, 0.1) is 0 Å². The average Bonchev–Trinajstić information content (AvgIpc) is 1.98. The Labute approximate surface area is 63.9 Å². The van der Waals surface area contributed by atoms with Gasteiger partial charge in [0.05, 0.1) is 0 Å². The number of nitrogens with one attached hydrogen (secondary N) is 1. The highest BCUT2D eigenvalue weighted by atomic mass is 15.1. The first-order valence-electron chi connectivity index (χ1n) is 3.83. The zero-order valence-corrected chi connectivity index (χ0v) is 7.44. The molecule has 0 unspecified atom stereocenters. The normalized spacial score (nSPS) is 11.4. The van der Waals surface area contributed by atoms with Crippen LogP contribution in [0.2, 0.25) is 0 Å². The van der Waals surface area contributed by atoms with Crippen LogP contribution in [0.1, 0.15) is 20.8 Å². The van der Waals surface area contributed by atoms with Crippen LogP contribution in [0.3, 0.4) is 0 Å². The third-order valence-corrected chi connectivity index (χ3v) is 1.59. The van der Waals surface area contributed by atoms with Gasteiger partial charge in [0.1, 0.15) is 0 Å². The smallest absolute Gasteiger partial charge is 0.0258 e. The molecular weight excluding hydrogens is 124 g/mol.